The van der Waals surface area contributed by atoms with Gasteiger partial charge < -0.3 is 9.73 Å². The molecule has 0 unspecified atom stereocenters. The van der Waals surface area contributed by atoms with Gasteiger partial charge in [-0.3, -0.25) is 0 Å². The molecule has 0 spiro atoms. The molecule has 0 aliphatic carbocycles. The standard InChI is InChI=1S/C14H20N2O/c1-4-11(5-2)14-16-12-7-6-10(9-15-3)8-13(12)17-14/h6-8,11,15H,4-5,9H2,1-3H3. The predicted octanol–water partition coefficient (Wildman–Crippen LogP) is 3.45. The van der Waals surface area contributed by atoms with Crippen LogP contribution in [0.15, 0.2) is 22.6 Å². The minimum atomic E-state index is 0.440. The molecule has 2 aromatic rings. The first-order chi connectivity index (χ1) is 8.28. The molecule has 0 fully saturated rings. The highest BCUT2D eigenvalue weighted by atomic mass is 16.3. The smallest absolute Gasteiger partial charge is 0.198 e. The molecule has 0 saturated carbocycles. The van der Waals surface area contributed by atoms with Gasteiger partial charge in [-0.15, -0.1) is 0 Å². The van der Waals surface area contributed by atoms with E-state index in [1.807, 2.05) is 13.1 Å². The molecule has 2 rings (SSSR count). The van der Waals surface area contributed by atoms with Gasteiger partial charge in [0, 0.05) is 12.5 Å². The highest BCUT2D eigenvalue weighted by Gasteiger charge is 2.14. The first-order valence-electron chi connectivity index (χ1n) is 6.32. The van der Waals surface area contributed by atoms with Gasteiger partial charge in [-0.25, -0.2) is 4.98 Å². The third-order valence-corrected chi connectivity index (χ3v) is 3.19. The number of rotatable bonds is 5. The van der Waals surface area contributed by atoms with Gasteiger partial charge in [0.25, 0.3) is 0 Å². The van der Waals surface area contributed by atoms with Gasteiger partial charge in [0.2, 0.25) is 0 Å². The Kier molecular flexibility index (Phi) is 3.79. The number of aromatic nitrogens is 1. The molecule has 1 aromatic carbocycles. The van der Waals surface area contributed by atoms with Crippen LogP contribution in [0.25, 0.3) is 11.1 Å². The lowest BCUT2D eigenvalue weighted by molar-refractivity contribution is 0.453. The van der Waals surface area contributed by atoms with E-state index >= 15 is 0 Å². The number of nitrogens with zero attached hydrogens (tertiary/aromatic N) is 1. The number of hydrogen-bond donors (Lipinski definition) is 1. The average molecular weight is 232 g/mol. The van der Waals surface area contributed by atoms with Crippen molar-refractivity contribution in [2.45, 2.75) is 39.2 Å². The number of nitrogens with one attached hydrogen (secondary N) is 1. The molecule has 3 heteroatoms. The summed E-state index contributed by atoms with van der Waals surface area (Å²) in [6.45, 7) is 5.21. The van der Waals surface area contributed by atoms with Gasteiger partial charge in [-0.1, -0.05) is 19.9 Å². The van der Waals surface area contributed by atoms with E-state index in [0.717, 1.165) is 36.4 Å². The SMILES string of the molecule is CCC(CC)c1nc2ccc(CNC)cc2o1. The zero-order valence-corrected chi connectivity index (χ0v) is 10.8. The second kappa shape index (κ2) is 5.32. The van der Waals surface area contributed by atoms with Gasteiger partial charge >= 0.3 is 0 Å². The Labute approximate surface area is 102 Å². The van der Waals surface area contributed by atoms with Gasteiger partial charge in [-0.2, -0.15) is 0 Å². The molecular weight excluding hydrogens is 212 g/mol. The maximum Gasteiger partial charge on any atom is 0.198 e. The van der Waals surface area contributed by atoms with Crippen LogP contribution in [0.5, 0.6) is 0 Å². The van der Waals surface area contributed by atoms with E-state index < -0.39 is 0 Å². The second-order valence-electron chi connectivity index (χ2n) is 4.40. The Balaban J connectivity index is 2.36. The highest BCUT2D eigenvalue weighted by Crippen LogP contribution is 2.26. The molecule has 92 valence electrons. The van der Waals surface area contributed by atoms with Crippen molar-refractivity contribution >= 4 is 11.1 Å². The van der Waals surface area contributed by atoms with Crippen LogP contribution in [0.2, 0.25) is 0 Å². The number of hydrogen-bond acceptors (Lipinski definition) is 3. The van der Waals surface area contributed by atoms with E-state index in [-0.39, 0.29) is 0 Å². The summed E-state index contributed by atoms with van der Waals surface area (Å²) >= 11 is 0. The first kappa shape index (κ1) is 12.1. The molecule has 0 amide bonds. The summed E-state index contributed by atoms with van der Waals surface area (Å²) in [7, 11) is 1.94. The fraction of sp³-hybridized carbons (Fsp3) is 0.500. The van der Waals surface area contributed by atoms with Crippen LogP contribution in [-0.2, 0) is 6.54 Å². The van der Waals surface area contributed by atoms with Gasteiger partial charge in [0.15, 0.2) is 11.5 Å². The fourth-order valence-electron chi connectivity index (χ4n) is 2.11. The summed E-state index contributed by atoms with van der Waals surface area (Å²) in [4.78, 5) is 4.57. The maximum atomic E-state index is 5.86. The second-order valence-corrected chi connectivity index (χ2v) is 4.40. The molecule has 1 N–H and O–H groups in total. The van der Waals surface area contributed by atoms with Crippen LogP contribution >= 0.6 is 0 Å². The van der Waals surface area contributed by atoms with Crippen LogP contribution in [0.4, 0.5) is 0 Å². The highest BCUT2D eigenvalue weighted by molar-refractivity contribution is 5.73. The zero-order valence-electron chi connectivity index (χ0n) is 10.8. The normalized spacial score (nSPS) is 11.5. The average Bonchev–Trinajstić information content (AvgIpc) is 2.74. The van der Waals surface area contributed by atoms with Crippen molar-refractivity contribution < 1.29 is 4.42 Å². The molecule has 1 heterocycles. The lowest BCUT2D eigenvalue weighted by atomic mass is 10.0. The molecule has 3 nitrogen and oxygen atoms in total. The summed E-state index contributed by atoms with van der Waals surface area (Å²) in [6, 6.07) is 6.21. The maximum absolute atomic E-state index is 5.86. The van der Waals surface area contributed by atoms with Gasteiger partial charge in [0.05, 0.1) is 0 Å². The third kappa shape index (κ3) is 2.50. The summed E-state index contributed by atoms with van der Waals surface area (Å²) in [6.07, 6.45) is 2.15. The molecule has 0 atom stereocenters. The molecular formula is C14H20N2O. The van der Waals surface area contributed by atoms with E-state index in [0.29, 0.717) is 5.92 Å². The lowest BCUT2D eigenvalue weighted by Gasteiger charge is -2.05. The van der Waals surface area contributed by atoms with E-state index in [4.69, 9.17) is 4.42 Å². The largest absolute Gasteiger partial charge is 0.440 e. The summed E-state index contributed by atoms with van der Waals surface area (Å²) in [5.41, 5.74) is 3.10. The van der Waals surface area contributed by atoms with Crippen LogP contribution in [0.3, 0.4) is 0 Å². The van der Waals surface area contributed by atoms with E-state index in [9.17, 15) is 0 Å². The quantitative estimate of drug-likeness (QED) is 0.858. The molecule has 0 aliphatic rings. The Bertz CT molecular complexity index is 486. The van der Waals surface area contributed by atoms with Crippen molar-refractivity contribution in [1.82, 2.24) is 10.3 Å². The minimum absolute atomic E-state index is 0.440. The van der Waals surface area contributed by atoms with Crippen LogP contribution in [-0.4, -0.2) is 12.0 Å². The summed E-state index contributed by atoms with van der Waals surface area (Å²) in [5.74, 6) is 1.32. The number of oxazole rings is 1. The molecule has 17 heavy (non-hydrogen) atoms. The minimum Gasteiger partial charge on any atom is -0.440 e. The molecule has 1 aromatic heterocycles. The van der Waals surface area contributed by atoms with E-state index in [1.54, 1.807) is 0 Å². The fourth-order valence-corrected chi connectivity index (χ4v) is 2.11. The van der Waals surface area contributed by atoms with Gasteiger partial charge in [0.1, 0.15) is 5.52 Å². The Hall–Kier alpha value is -1.35. The topological polar surface area (TPSA) is 38.1 Å². The molecule has 0 bridgehead atoms. The van der Waals surface area contributed by atoms with Crippen molar-refractivity contribution in [3.8, 4) is 0 Å². The van der Waals surface area contributed by atoms with Crippen molar-refractivity contribution in [1.29, 1.82) is 0 Å². The Morgan fingerprint density at radius 1 is 1.29 bits per heavy atom. The third-order valence-electron chi connectivity index (χ3n) is 3.19. The van der Waals surface area contributed by atoms with Crippen molar-refractivity contribution in [2.24, 2.45) is 0 Å². The number of benzene rings is 1. The molecule has 0 saturated heterocycles. The molecule has 0 radical (unpaired) electrons. The molecule has 0 aliphatic heterocycles. The van der Waals surface area contributed by atoms with E-state index in [1.165, 1.54) is 5.56 Å². The summed E-state index contributed by atoms with van der Waals surface area (Å²) < 4.78 is 5.86. The Morgan fingerprint density at radius 3 is 2.71 bits per heavy atom. The van der Waals surface area contributed by atoms with Crippen molar-refractivity contribution in [3.63, 3.8) is 0 Å². The lowest BCUT2D eigenvalue weighted by Crippen LogP contribution is -2.04. The first-order valence-corrected chi connectivity index (χ1v) is 6.32. The monoisotopic (exact) mass is 232 g/mol. The van der Waals surface area contributed by atoms with Gasteiger partial charge in [-0.05, 0) is 37.6 Å². The predicted molar refractivity (Wildman–Crippen MR) is 70.1 cm³/mol. The number of fused-ring (bicyclic) bond motifs is 1. The summed E-state index contributed by atoms with van der Waals surface area (Å²) in [5, 5.41) is 3.14. The van der Waals surface area contributed by atoms with Crippen LogP contribution < -0.4 is 5.32 Å². The van der Waals surface area contributed by atoms with Crippen LogP contribution in [0, 0.1) is 0 Å². The van der Waals surface area contributed by atoms with Crippen molar-refractivity contribution in [3.05, 3.63) is 29.7 Å². The van der Waals surface area contributed by atoms with E-state index in [2.05, 4.69) is 36.3 Å². The zero-order chi connectivity index (χ0) is 12.3. The van der Waals surface area contributed by atoms with Crippen molar-refractivity contribution in [2.75, 3.05) is 7.05 Å². The van der Waals surface area contributed by atoms with Crippen LogP contribution in [0.1, 0.15) is 44.1 Å². The Morgan fingerprint density at radius 2 is 2.06 bits per heavy atom.